The first-order chi connectivity index (χ1) is 50.2. The molecule has 0 radical (unpaired) electrons. The van der Waals surface area contributed by atoms with Crippen LogP contribution in [0.15, 0.2) is 189 Å². The van der Waals surface area contributed by atoms with Crippen LogP contribution in [-0.4, -0.2) is 69.6 Å². The Labute approximate surface area is 694 Å². The molecule has 40 heteroatoms. The maximum atomic E-state index is 13.5. The summed E-state index contributed by atoms with van der Waals surface area (Å²) in [5, 5.41) is 61.2. The van der Waals surface area contributed by atoms with Gasteiger partial charge in [0.2, 0.25) is 11.6 Å². The molecule has 0 spiro atoms. The summed E-state index contributed by atoms with van der Waals surface area (Å²) in [5.74, 6) is -10.2. The molecule has 110 heavy (non-hydrogen) atoms. The van der Waals surface area contributed by atoms with E-state index < -0.39 is 138 Å². The number of aromatic hydroxyl groups is 6. The summed E-state index contributed by atoms with van der Waals surface area (Å²) in [5.41, 5.74) is -2.58. The molecule has 27 nitrogen and oxygen atoms in total. The molecule has 14 rings (SSSR count). The van der Waals surface area contributed by atoms with Crippen molar-refractivity contribution in [2.24, 2.45) is 0 Å². The van der Waals surface area contributed by atoms with Crippen molar-refractivity contribution in [1.29, 1.82) is 0 Å². The van der Waals surface area contributed by atoms with E-state index in [1.165, 1.54) is 43.3 Å². The van der Waals surface area contributed by atoms with Gasteiger partial charge in [-0.3, -0.25) is 0 Å². The summed E-state index contributed by atoms with van der Waals surface area (Å²) >= 11 is 17.1. The number of phenolic OH excluding ortho intramolecular Hbond substituents is 6. The number of fused-ring (bicyclic) bond motifs is 10. The number of hydrogen-bond acceptors (Lipinski definition) is 27. The van der Waals surface area contributed by atoms with Crippen LogP contribution < -0.4 is 122 Å². The quantitative estimate of drug-likeness (QED) is 0.0302. The third kappa shape index (κ3) is 21.5. The van der Waals surface area contributed by atoms with Gasteiger partial charge in [-0.05, 0) is 94.4 Å². The first kappa shape index (κ1) is 90.5. The first-order valence-corrected chi connectivity index (χ1v) is 36.1. The predicted octanol–water partition coefficient (Wildman–Crippen LogP) is 2.84. The molecule has 6 N–H and O–H groups in total. The van der Waals surface area contributed by atoms with Gasteiger partial charge in [0, 0.05) is 120 Å². The third-order valence-electron chi connectivity index (χ3n) is 15.5. The molecule has 6 aromatic heterocycles. The second kappa shape index (κ2) is 37.3. The van der Waals surface area contributed by atoms with E-state index in [2.05, 4.69) is 8.83 Å². The van der Waals surface area contributed by atoms with Gasteiger partial charge in [0.1, 0.15) is 45.3 Å². The van der Waals surface area contributed by atoms with Gasteiger partial charge in [0.05, 0.1) is 47.6 Å². The molecule has 0 atom stereocenters. The minimum Gasteiger partial charge on any atom is -0.748 e. The fourth-order valence-corrected chi connectivity index (χ4v) is 13.3. The van der Waals surface area contributed by atoms with Crippen LogP contribution >= 0.6 is 34.8 Å². The standard InChI is InChI=1S/C14H9ClO3.C14H10O6S.C11H9ClO3.C11H10O6S.C10H5ClF2O3.C10H6F2O6S.3Na/c15-7-8-5-13(17)18-12-6-11(16)9-3-1-2-4-10(9)14(8)12;15-11-6-12-14(10-4-2-1-3-9(10)11)8(5-13(16)20-12)7-21(17,18)19;1-6-9(13)3-2-8-7(5-12)4-10(14)15-11(6)8;1-6-9(12)3-2-8-7(5-18(14,15)16)4-10(13)17-11(6)8;11-3-4-1-7(14)16-10-5(4)2-6(12)9(15)8(10)13;11-6-2-5-4(3-19(15,16)17)1-7(13)18-10(5)8(12)9(6)14;;;/h1-6,16H,7H2;1-6,15H,7H2,(H,17,18,19);2-4,13H,5H2,1H3;2-4,12H,5H2,1H3,(H,14,15,16);1-2,15H,3H2;1-2,14H,3H2,(H,15,16,17);;;/q;;;;;;3*+1/p-3. The van der Waals surface area contributed by atoms with Crippen LogP contribution in [0.1, 0.15) is 44.5 Å². The topological polar surface area (TPSA) is 474 Å². The smallest absolute Gasteiger partial charge is 0.748 e. The Balaban J connectivity index is 0.000000206. The van der Waals surface area contributed by atoms with Crippen LogP contribution in [0.25, 0.3) is 87.4 Å². The van der Waals surface area contributed by atoms with Gasteiger partial charge < -0.3 is 70.8 Å². The van der Waals surface area contributed by atoms with Crippen LogP contribution in [-0.2, 0) is 65.3 Å². The summed E-state index contributed by atoms with van der Waals surface area (Å²) in [6, 6.07) is 30.6. The average Bonchev–Trinajstić information content (AvgIpc) is 0.803. The molecule has 0 bridgehead atoms. The maximum Gasteiger partial charge on any atom is 1.00 e. The summed E-state index contributed by atoms with van der Waals surface area (Å²) < 4.78 is 180. The Morgan fingerprint density at radius 1 is 0.336 bits per heavy atom. The molecule has 8 aromatic carbocycles. The third-order valence-corrected chi connectivity index (χ3v) is 18.3. The molecule has 0 aliphatic rings. The zero-order chi connectivity index (χ0) is 78.6. The van der Waals surface area contributed by atoms with E-state index in [9.17, 15) is 106 Å². The SMILES string of the molecule is Cc1c(O)ccc2c(CCl)cc(=O)oc12.Cc1c(O)ccc2c(CS(=O)(=O)[O-])cc(=O)oc12.O=c1cc(CCl)c2c(cc(O)c3ccccc32)o1.O=c1cc(CCl)c2cc(F)c(O)c(F)c2o1.O=c1cc(CS(=O)(=O)[O-])c2c(cc(O)c3ccccc32)o1.O=c1cc(CS(=O)(=O)[O-])c2cc(F)c(O)c(F)c2o1.[Na+].[Na+].[Na+]. The van der Waals surface area contributed by atoms with E-state index in [-0.39, 0.29) is 163 Å². The molecule has 0 saturated carbocycles. The van der Waals surface area contributed by atoms with E-state index >= 15 is 0 Å². The minimum atomic E-state index is -4.76. The molecular formula is C70H46Cl3F4Na3O27S3. The molecule has 0 unspecified atom stereocenters. The molecular weight excluding hydrogens is 1620 g/mol. The number of benzene rings is 8. The van der Waals surface area contributed by atoms with Gasteiger partial charge in [-0.25, -0.2) is 62.8 Å². The molecule has 0 aliphatic carbocycles. The van der Waals surface area contributed by atoms with Gasteiger partial charge in [0.15, 0.2) is 34.3 Å². The van der Waals surface area contributed by atoms with Crippen LogP contribution in [0.5, 0.6) is 34.5 Å². The monoisotopic (exact) mass is 1660 g/mol. The predicted molar refractivity (Wildman–Crippen MR) is 378 cm³/mol. The van der Waals surface area contributed by atoms with Crippen molar-refractivity contribution in [2.75, 3.05) is 0 Å². The fourth-order valence-electron chi connectivity index (χ4n) is 10.8. The van der Waals surface area contributed by atoms with E-state index in [4.69, 9.17) is 62.7 Å². The van der Waals surface area contributed by atoms with E-state index in [1.807, 2.05) is 24.3 Å². The largest absolute Gasteiger partial charge is 1.00 e. The Kier molecular flexibility index (Phi) is 30.7. The molecule has 558 valence electrons. The summed E-state index contributed by atoms with van der Waals surface area (Å²) in [4.78, 5) is 67.6. The summed E-state index contributed by atoms with van der Waals surface area (Å²) in [6.07, 6.45) is 0. The molecule has 0 amide bonds. The molecule has 0 aliphatic heterocycles. The van der Waals surface area contributed by atoms with Gasteiger partial charge in [0.25, 0.3) is 0 Å². The van der Waals surface area contributed by atoms with Gasteiger partial charge in [-0.1, -0.05) is 48.5 Å². The number of phenols is 6. The normalized spacial score (nSPS) is 11.2. The van der Waals surface area contributed by atoms with Crippen molar-refractivity contribution in [3.8, 4) is 34.5 Å². The second-order valence-electron chi connectivity index (χ2n) is 22.6. The van der Waals surface area contributed by atoms with Crippen molar-refractivity contribution >= 4 is 153 Å². The number of alkyl halides is 3. The van der Waals surface area contributed by atoms with E-state index in [0.29, 0.717) is 72.5 Å². The Bertz CT molecular complexity index is 6700. The van der Waals surface area contributed by atoms with Crippen LogP contribution in [0.2, 0.25) is 0 Å². The van der Waals surface area contributed by atoms with Crippen molar-refractivity contribution in [3.63, 3.8) is 0 Å². The van der Waals surface area contributed by atoms with Crippen molar-refractivity contribution in [3.05, 3.63) is 264 Å². The number of rotatable bonds is 9. The van der Waals surface area contributed by atoms with Crippen molar-refractivity contribution in [2.45, 2.75) is 48.7 Å². The van der Waals surface area contributed by atoms with Crippen molar-refractivity contribution in [1.82, 2.24) is 0 Å². The van der Waals surface area contributed by atoms with Crippen LogP contribution in [0.3, 0.4) is 0 Å². The molecule has 14 aromatic rings. The Morgan fingerprint density at radius 2 is 0.618 bits per heavy atom. The van der Waals surface area contributed by atoms with Crippen LogP contribution in [0.4, 0.5) is 17.6 Å². The van der Waals surface area contributed by atoms with E-state index in [1.54, 1.807) is 43.3 Å². The summed E-state index contributed by atoms with van der Waals surface area (Å²) in [7, 11) is -13.8. The van der Waals surface area contributed by atoms with Gasteiger partial charge in [-0.15, -0.1) is 34.8 Å². The number of halogens is 7. The average molecular weight is 1670 g/mol. The van der Waals surface area contributed by atoms with Gasteiger partial charge >= 0.3 is 122 Å². The first-order valence-electron chi connectivity index (χ1n) is 29.8. The number of hydrogen-bond donors (Lipinski definition) is 6. The fraction of sp³-hybridized carbons (Fsp3) is 0.114. The minimum absolute atomic E-state index is 0. The molecule has 0 fully saturated rings. The zero-order valence-electron chi connectivity index (χ0n) is 57.1. The second-order valence-corrected chi connectivity index (χ2v) is 27.7. The zero-order valence-corrected chi connectivity index (χ0v) is 67.8. The van der Waals surface area contributed by atoms with Gasteiger partial charge in [-0.2, -0.15) is 8.78 Å². The van der Waals surface area contributed by atoms with E-state index in [0.717, 1.165) is 40.4 Å². The Morgan fingerprint density at radius 3 is 0.991 bits per heavy atom. The molecule has 0 saturated heterocycles. The Hall–Kier alpha value is -8.34. The summed E-state index contributed by atoms with van der Waals surface area (Å²) in [6.45, 7) is 3.22. The van der Waals surface area contributed by atoms with Crippen LogP contribution in [0, 0.1) is 37.1 Å². The number of aryl methyl sites for hydroxylation is 2. The maximum absolute atomic E-state index is 13.5. The van der Waals surface area contributed by atoms with Crippen molar-refractivity contribution < 1.29 is 202 Å². The molecule has 6 heterocycles.